The summed E-state index contributed by atoms with van der Waals surface area (Å²) in [4.78, 5) is 22.2. The molecule has 0 amide bonds. The molecule has 0 saturated heterocycles. The third-order valence-electron chi connectivity index (χ3n) is 2.81. The van der Waals surface area contributed by atoms with Gasteiger partial charge in [0.2, 0.25) is 0 Å². The minimum absolute atomic E-state index is 0.0754. The van der Waals surface area contributed by atoms with Gasteiger partial charge in [-0.1, -0.05) is 0 Å². The Labute approximate surface area is 81.9 Å². The maximum atomic E-state index is 11.8. The van der Waals surface area contributed by atoms with Crippen molar-refractivity contribution in [2.45, 2.75) is 19.3 Å². The van der Waals surface area contributed by atoms with Gasteiger partial charge >= 0.3 is 0 Å². The maximum absolute atomic E-state index is 11.8. The van der Waals surface area contributed by atoms with E-state index in [1.807, 2.05) is 7.05 Å². The van der Waals surface area contributed by atoms with Crippen molar-refractivity contribution in [3.8, 4) is 0 Å². The van der Waals surface area contributed by atoms with E-state index in [1.54, 1.807) is 10.9 Å². The van der Waals surface area contributed by atoms with Crippen LogP contribution in [0.5, 0.6) is 0 Å². The Morgan fingerprint density at radius 2 is 2.50 bits per heavy atom. The average Bonchev–Trinajstić information content (AvgIpc) is 2.54. The van der Waals surface area contributed by atoms with Crippen molar-refractivity contribution in [1.29, 1.82) is 0 Å². The summed E-state index contributed by atoms with van der Waals surface area (Å²) in [5, 5.41) is 4.05. The predicted octanol–water partition coefficient (Wildman–Crippen LogP) is 0.754. The Hall–Kier alpha value is -1.45. The Bertz CT molecular complexity index is 381. The second-order valence-corrected chi connectivity index (χ2v) is 3.63. The van der Waals surface area contributed by atoms with Gasteiger partial charge in [0, 0.05) is 25.1 Å². The van der Waals surface area contributed by atoms with E-state index in [1.165, 1.54) is 0 Å². The normalized spacial score (nSPS) is 20.6. The van der Waals surface area contributed by atoms with Crippen molar-refractivity contribution in [3.63, 3.8) is 0 Å². The monoisotopic (exact) mass is 192 g/mol. The first kappa shape index (κ1) is 9.12. The minimum Gasteiger partial charge on any atom is -0.303 e. The summed E-state index contributed by atoms with van der Waals surface area (Å²) in [6.45, 7) is 0. The molecule has 1 unspecified atom stereocenters. The summed E-state index contributed by atoms with van der Waals surface area (Å²) in [6, 6.07) is 0. The van der Waals surface area contributed by atoms with E-state index < -0.39 is 0 Å². The van der Waals surface area contributed by atoms with Gasteiger partial charge in [0.15, 0.2) is 5.78 Å². The first-order chi connectivity index (χ1) is 6.74. The van der Waals surface area contributed by atoms with E-state index in [0.29, 0.717) is 12.0 Å². The number of aromatic nitrogens is 2. The molecule has 14 heavy (non-hydrogen) atoms. The molecule has 0 aromatic carbocycles. The highest BCUT2D eigenvalue weighted by Crippen LogP contribution is 2.26. The molecule has 0 N–H and O–H groups in total. The summed E-state index contributed by atoms with van der Waals surface area (Å²) < 4.78 is 1.74. The topological polar surface area (TPSA) is 52.0 Å². The molecule has 0 saturated carbocycles. The first-order valence-electron chi connectivity index (χ1n) is 4.72. The molecule has 1 aromatic heterocycles. The number of aldehydes is 1. The molecule has 1 aromatic rings. The Balaban J connectivity index is 2.32. The van der Waals surface area contributed by atoms with Crippen molar-refractivity contribution in [1.82, 2.24) is 9.78 Å². The number of aryl methyl sites for hydroxylation is 1. The van der Waals surface area contributed by atoms with Gasteiger partial charge in [-0.3, -0.25) is 9.48 Å². The van der Waals surface area contributed by atoms with Crippen molar-refractivity contribution in [2.75, 3.05) is 0 Å². The fraction of sp³-hybridized carbons (Fsp3) is 0.500. The van der Waals surface area contributed by atoms with Crippen LogP contribution in [0.3, 0.4) is 0 Å². The first-order valence-corrected chi connectivity index (χ1v) is 4.72. The maximum Gasteiger partial charge on any atom is 0.169 e. The molecule has 4 nitrogen and oxygen atoms in total. The van der Waals surface area contributed by atoms with E-state index in [0.717, 1.165) is 24.8 Å². The lowest BCUT2D eigenvalue weighted by Crippen LogP contribution is -2.23. The summed E-state index contributed by atoms with van der Waals surface area (Å²) >= 11 is 0. The number of hydrogen-bond donors (Lipinski definition) is 0. The van der Waals surface area contributed by atoms with Gasteiger partial charge in [0.05, 0.1) is 11.8 Å². The number of hydrogen-bond acceptors (Lipinski definition) is 3. The lowest BCUT2D eigenvalue weighted by atomic mass is 9.85. The SMILES string of the molecule is Cn1ncc2c1CCC(CC=O)C2=O. The van der Waals surface area contributed by atoms with Gasteiger partial charge in [-0.15, -0.1) is 0 Å². The Morgan fingerprint density at radius 1 is 1.71 bits per heavy atom. The molecule has 0 bridgehead atoms. The van der Waals surface area contributed by atoms with E-state index in [9.17, 15) is 9.59 Å². The van der Waals surface area contributed by atoms with Crippen molar-refractivity contribution < 1.29 is 9.59 Å². The molecule has 0 aliphatic heterocycles. The molecule has 1 aliphatic rings. The molecular weight excluding hydrogens is 180 g/mol. The number of fused-ring (bicyclic) bond motifs is 1. The van der Waals surface area contributed by atoms with Crippen LogP contribution in [0.1, 0.15) is 28.9 Å². The molecular formula is C10H12N2O2. The Kier molecular flexibility index (Phi) is 2.19. The molecule has 1 atom stereocenters. The van der Waals surface area contributed by atoms with Gasteiger partial charge in [-0.2, -0.15) is 5.10 Å². The van der Waals surface area contributed by atoms with E-state index in [4.69, 9.17) is 0 Å². The van der Waals surface area contributed by atoms with Crippen LogP contribution < -0.4 is 0 Å². The van der Waals surface area contributed by atoms with Crippen LogP contribution in [0.4, 0.5) is 0 Å². The van der Waals surface area contributed by atoms with Crippen LogP contribution in [0, 0.1) is 5.92 Å². The van der Waals surface area contributed by atoms with Crippen molar-refractivity contribution >= 4 is 12.1 Å². The van der Waals surface area contributed by atoms with Crippen LogP contribution in [0.25, 0.3) is 0 Å². The van der Waals surface area contributed by atoms with Gasteiger partial charge in [0.1, 0.15) is 6.29 Å². The van der Waals surface area contributed by atoms with Gasteiger partial charge in [-0.05, 0) is 12.8 Å². The van der Waals surface area contributed by atoms with E-state index in [-0.39, 0.29) is 11.7 Å². The zero-order chi connectivity index (χ0) is 10.1. The van der Waals surface area contributed by atoms with E-state index in [2.05, 4.69) is 5.10 Å². The molecule has 2 rings (SSSR count). The van der Waals surface area contributed by atoms with Gasteiger partial charge < -0.3 is 4.79 Å². The van der Waals surface area contributed by atoms with Crippen LogP contribution >= 0.6 is 0 Å². The quantitative estimate of drug-likeness (QED) is 0.650. The number of rotatable bonds is 2. The largest absolute Gasteiger partial charge is 0.303 e. The molecule has 0 fully saturated rings. The number of nitrogens with zero attached hydrogens (tertiary/aromatic N) is 2. The number of Topliss-reactive ketones (excluding diaryl/α,β-unsaturated/α-hetero) is 1. The predicted molar refractivity (Wildman–Crippen MR) is 50.0 cm³/mol. The Morgan fingerprint density at radius 3 is 3.21 bits per heavy atom. The zero-order valence-corrected chi connectivity index (χ0v) is 8.06. The summed E-state index contributed by atoms with van der Waals surface area (Å²) in [6.07, 6.45) is 4.38. The van der Waals surface area contributed by atoms with Crippen LogP contribution in [0.2, 0.25) is 0 Å². The summed E-state index contributed by atoms with van der Waals surface area (Å²) in [5.41, 5.74) is 1.70. The lowest BCUT2D eigenvalue weighted by molar-refractivity contribution is -0.108. The lowest BCUT2D eigenvalue weighted by Gasteiger charge is -2.18. The molecule has 0 spiro atoms. The van der Waals surface area contributed by atoms with Crippen molar-refractivity contribution in [2.24, 2.45) is 13.0 Å². The van der Waals surface area contributed by atoms with Crippen molar-refractivity contribution in [3.05, 3.63) is 17.5 Å². The third-order valence-corrected chi connectivity index (χ3v) is 2.81. The number of carbonyl (C=O) groups excluding carboxylic acids is 2. The highest BCUT2D eigenvalue weighted by Gasteiger charge is 2.29. The molecule has 74 valence electrons. The average molecular weight is 192 g/mol. The fourth-order valence-electron chi connectivity index (χ4n) is 1.97. The number of carbonyl (C=O) groups is 2. The molecule has 1 heterocycles. The number of ketones is 1. The van der Waals surface area contributed by atoms with Gasteiger partial charge in [-0.25, -0.2) is 0 Å². The van der Waals surface area contributed by atoms with Crippen LogP contribution in [-0.2, 0) is 18.3 Å². The second kappa shape index (κ2) is 3.36. The molecule has 4 heteroatoms. The van der Waals surface area contributed by atoms with Gasteiger partial charge in [0.25, 0.3) is 0 Å². The van der Waals surface area contributed by atoms with E-state index >= 15 is 0 Å². The summed E-state index contributed by atoms with van der Waals surface area (Å²) in [7, 11) is 1.84. The fourth-order valence-corrected chi connectivity index (χ4v) is 1.97. The minimum atomic E-state index is -0.121. The second-order valence-electron chi connectivity index (χ2n) is 3.63. The molecule has 1 aliphatic carbocycles. The molecule has 0 radical (unpaired) electrons. The standard InChI is InChI=1S/C10H12N2O2/c1-12-9-3-2-7(4-5-13)10(14)8(9)6-11-12/h5-7H,2-4H2,1H3. The summed E-state index contributed by atoms with van der Waals surface area (Å²) in [5.74, 6) is -0.0457. The van der Waals surface area contributed by atoms with Crippen LogP contribution in [-0.4, -0.2) is 21.8 Å². The highest BCUT2D eigenvalue weighted by atomic mass is 16.1. The highest BCUT2D eigenvalue weighted by molar-refractivity contribution is 6.00. The van der Waals surface area contributed by atoms with Crippen LogP contribution in [0.15, 0.2) is 6.20 Å². The zero-order valence-electron chi connectivity index (χ0n) is 8.06. The smallest absolute Gasteiger partial charge is 0.169 e. The third kappa shape index (κ3) is 1.27.